The third kappa shape index (κ3) is 3.93. The molecule has 0 spiro atoms. The monoisotopic (exact) mass is 434 g/mol. The van der Waals surface area contributed by atoms with E-state index in [-0.39, 0.29) is 12.8 Å². The van der Waals surface area contributed by atoms with E-state index in [0.717, 1.165) is 32.0 Å². The lowest BCUT2D eigenvalue weighted by Crippen LogP contribution is -2.54. The number of benzene rings is 2. The van der Waals surface area contributed by atoms with Gasteiger partial charge in [0.05, 0.1) is 6.04 Å². The summed E-state index contributed by atoms with van der Waals surface area (Å²) in [6, 6.07) is 9.55. The van der Waals surface area contributed by atoms with Crippen molar-refractivity contribution in [2.24, 2.45) is 5.92 Å². The minimum atomic E-state index is -4.51. The van der Waals surface area contributed by atoms with Crippen LogP contribution >= 0.6 is 11.8 Å². The van der Waals surface area contributed by atoms with Gasteiger partial charge >= 0.3 is 6.18 Å². The van der Waals surface area contributed by atoms with Crippen molar-refractivity contribution < 1.29 is 22.8 Å². The van der Waals surface area contributed by atoms with Crippen LogP contribution in [0.1, 0.15) is 41.1 Å². The minimum Gasteiger partial charge on any atom is -0.344 e. The van der Waals surface area contributed by atoms with Gasteiger partial charge in [-0.3, -0.25) is 9.59 Å². The van der Waals surface area contributed by atoms with Gasteiger partial charge in [-0.15, -0.1) is 0 Å². The highest BCUT2D eigenvalue weighted by molar-refractivity contribution is 7.99. The van der Waals surface area contributed by atoms with E-state index in [4.69, 9.17) is 0 Å². The molecule has 2 unspecified atom stereocenters. The summed E-state index contributed by atoms with van der Waals surface area (Å²) in [5.41, 5.74) is 4.01. The zero-order chi connectivity index (χ0) is 21.6. The fourth-order valence-electron chi connectivity index (χ4n) is 3.93. The molecular weight excluding hydrogens is 413 g/mol. The van der Waals surface area contributed by atoms with Crippen LogP contribution in [0.25, 0.3) is 0 Å². The lowest BCUT2D eigenvalue weighted by Gasteiger charge is -2.33. The Kier molecular flexibility index (Phi) is 5.30. The number of alkyl halides is 3. The Morgan fingerprint density at radius 1 is 1.03 bits per heavy atom. The second-order valence-electron chi connectivity index (χ2n) is 7.86. The predicted molar refractivity (Wildman–Crippen MR) is 107 cm³/mol. The van der Waals surface area contributed by atoms with Gasteiger partial charge < -0.3 is 10.6 Å². The summed E-state index contributed by atoms with van der Waals surface area (Å²) in [6.45, 7) is 3.98. The smallest absolute Gasteiger partial charge is 0.344 e. The number of fused-ring (bicyclic) bond motifs is 2. The maximum Gasteiger partial charge on any atom is 0.408 e. The SMILES string of the molecule is Cc1ccc2c(c1)Sc1cc(C)ccc1C2NC(=O)C1CCC(C(F)(F)F)NC1=O. The van der Waals surface area contributed by atoms with E-state index in [9.17, 15) is 22.8 Å². The summed E-state index contributed by atoms with van der Waals surface area (Å²) in [5, 5.41) is 4.88. The molecule has 0 saturated carbocycles. The number of carbonyl (C=O) groups is 2. The molecule has 2 aromatic carbocycles. The Morgan fingerprint density at radius 3 is 2.10 bits per heavy atom. The molecule has 2 atom stereocenters. The zero-order valence-corrected chi connectivity index (χ0v) is 17.3. The number of rotatable bonds is 2. The standard InChI is InChI=1S/C22H21F3N2O2S/c1-11-3-5-13-16(9-11)30-17-10-12(2)4-6-14(17)19(13)27-21(29)15-7-8-18(22(23,24)25)26-20(15)28/h3-6,9-10,15,18-19H,7-8H2,1-2H3,(H,26,28)(H,27,29). The second kappa shape index (κ2) is 7.65. The number of hydrogen-bond donors (Lipinski definition) is 2. The van der Waals surface area contributed by atoms with E-state index in [1.165, 1.54) is 0 Å². The van der Waals surface area contributed by atoms with Crippen molar-refractivity contribution in [3.8, 4) is 0 Å². The molecule has 2 aliphatic rings. The first-order valence-electron chi connectivity index (χ1n) is 9.70. The summed E-state index contributed by atoms with van der Waals surface area (Å²) in [5.74, 6) is -2.57. The van der Waals surface area contributed by atoms with Crippen LogP contribution in [0.4, 0.5) is 13.2 Å². The zero-order valence-electron chi connectivity index (χ0n) is 16.5. The van der Waals surface area contributed by atoms with E-state index in [1.54, 1.807) is 11.8 Å². The van der Waals surface area contributed by atoms with Gasteiger partial charge in [-0.2, -0.15) is 13.2 Å². The molecule has 4 rings (SSSR count). The molecular formula is C22H21F3N2O2S. The van der Waals surface area contributed by atoms with Crippen molar-refractivity contribution in [2.75, 3.05) is 0 Å². The molecule has 1 fully saturated rings. The van der Waals surface area contributed by atoms with Crippen LogP contribution in [0.15, 0.2) is 46.2 Å². The number of aryl methyl sites for hydroxylation is 2. The molecule has 2 N–H and O–H groups in total. The number of carbonyl (C=O) groups excluding carboxylic acids is 2. The third-order valence-electron chi connectivity index (χ3n) is 5.56. The van der Waals surface area contributed by atoms with Gasteiger partial charge in [0.15, 0.2) is 0 Å². The molecule has 2 heterocycles. The topological polar surface area (TPSA) is 58.2 Å². The Bertz CT molecular complexity index is 970. The van der Waals surface area contributed by atoms with Crippen LogP contribution in [0.2, 0.25) is 0 Å². The highest BCUT2D eigenvalue weighted by Crippen LogP contribution is 2.45. The maximum absolute atomic E-state index is 12.9. The summed E-state index contributed by atoms with van der Waals surface area (Å²) < 4.78 is 38.7. The van der Waals surface area contributed by atoms with E-state index < -0.39 is 36.0 Å². The molecule has 2 aromatic rings. The molecule has 4 nitrogen and oxygen atoms in total. The molecule has 158 valence electrons. The summed E-state index contributed by atoms with van der Waals surface area (Å²) in [7, 11) is 0. The van der Waals surface area contributed by atoms with Crippen LogP contribution in [0.3, 0.4) is 0 Å². The third-order valence-corrected chi connectivity index (χ3v) is 6.70. The van der Waals surface area contributed by atoms with Crippen LogP contribution < -0.4 is 10.6 Å². The molecule has 2 amide bonds. The first-order chi connectivity index (χ1) is 14.1. The normalized spacial score (nSPS) is 21.4. The molecule has 30 heavy (non-hydrogen) atoms. The number of piperidine rings is 1. The Hall–Kier alpha value is -2.48. The second-order valence-corrected chi connectivity index (χ2v) is 8.94. The number of amides is 2. The summed E-state index contributed by atoms with van der Waals surface area (Å²) >= 11 is 1.63. The van der Waals surface area contributed by atoms with Crippen LogP contribution in [0.5, 0.6) is 0 Å². The molecule has 8 heteroatoms. The lowest BCUT2D eigenvalue weighted by molar-refractivity contribution is -0.171. The highest BCUT2D eigenvalue weighted by Gasteiger charge is 2.46. The Balaban J connectivity index is 1.60. The Labute approximate surface area is 176 Å². The minimum absolute atomic E-state index is 0.134. The van der Waals surface area contributed by atoms with Gasteiger partial charge in [-0.25, -0.2) is 0 Å². The van der Waals surface area contributed by atoms with Gasteiger partial charge in [0, 0.05) is 9.79 Å². The van der Waals surface area contributed by atoms with E-state index >= 15 is 0 Å². The van der Waals surface area contributed by atoms with Crippen molar-refractivity contribution >= 4 is 23.6 Å². The van der Waals surface area contributed by atoms with Crippen molar-refractivity contribution in [3.63, 3.8) is 0 Å². The van der Waals surface area contributed by atoms with Crippen LogP contribution in [0, 0.1) is 19.8 Å². The summed E-state index contributed by atoms with van der Waals surface area (Å²) in [4.78, 5) is 27.2. The van der Waals surface area contributed by atoms with Gasteiger partial charge in [0.1, 0.15) is 12.0 Å². The van der Waals surface area contributed by atoms with Gasteiger partial charge in [0.2, 0.25) is 11.8 Å². The largest absolute Gasteiger partial charge is 0.408 e. The van der Waals surface area contributed by atoms with Crippen molar-refractivity contribution in [1.29, 1.82) is 0 Å². The number of hydrogen-bond acceptors (Lipinski definition) is 3. The maximum atomic E-state index is 12.9. The quantitative estimate of drug-likeness (QED) is 0.688. The fourth-order valence-corrected chi connectivity index (χ4v) is 5.26. The van der Waals surface area contributed by atoms with E-state index in [2.05, 4.69) is 5.32 Å². The molecule has 0 aliphatic carbocycles. The average Bonchev–Trinajstić information content (AvgIpc) is 2.66. The number of halogens is 3. The highest BCUT2D eigenvalue weighted by atomic mass is 32.2. The fraction of sp³-hybridized carbons (Fsp3) is 0.364. The first kappa shape index (κ1) is 20.8. The van der Waals surface area contributed by atoms with Crippen molar-refractivity contribution in [2.45, 2.75) is 54.7 Å². The molecule has 0 radical (unpaired) electrons. The van der Waals surface area contributed by atoms with Crippen LogP contribution in [-0.2, 0) is 9.59 Å². The Morgan fingerprint density at radius 2 is 1.60 bits per heavy atom. The van der Waals surface area contributed by atoms with E-state index in [0.29, 0.717) is 0 Å². The molecule has 0 aromatic heterocycles. The number of nitrogens with one attached hydrogen (secondary N) is 2. The van der Waals surface area contributed by atoms with Crippen LogP contribution in [-0.4, -0.2) is 24.0 Å². The van der Waals surface area contributed by atoms with E-state index in [1.807, 2.05) is 55.6 Å². The van der Waals surface area contributed by atoms with Crippen molar-refractivity contribution in [1.82, 2.24) is 10.6 Å². The average molecular weight is 434 g/mol. The molecule has 0 bridgehead atoms. The van der Waals surface area contributed by atoms with Gasteiger partial charge in [0.25, 0.3) is 0 Å². The predicted octanol–water partition coefficient (Wildman–Crippen LogP) is 4.43. The van der Waals surface area contributed by atoms with Gasteiger partial charge in [-0.1, -0.05) is 36.0 Å². The molecule has 2 aliphatic heterocycles. The molecule has 1 saturated heterocycles. The van der Waals surface area contributed by atoms with Crippen molar-refractivity contribution in [3.05, 3.63) is 58.7 Å². The lowest BCUT2D eigenvalue weighted by atomic mass is 9.91. The van der Waals surface area contributed by atoms with Gasteiger partial charge in [-0.05, 0) is 61.1 Å². The summed E-state index contributed by atoms with van der Waals surface area (Å²) in [6.07, 6.45) is -4.95. The first-order valence-corrected chi connectivity index (χ1v) is 10.5.